The zero-order valence-corrected chi connectivity index (χ0v) is 22.9. The number of thioether (sulfide) groups is 1. The molecule has 1 saturated carbocycles. The fourth-order valence-corrected chi connectivity index (χ4v) is 5.97. The topological polar surface area (TPSA) is 49.4 Å². The summed E-state index contributed by atoms with van der Waals surface area (Å²) in [5.74, 6) is 0.460. The van der Waals surface area contributed by atoms with Gasteiger partial charge < -0.3 is 10.2 Å². The fourth-order valence-electron chi connectivity index (χ4n) is 4.99. The summed E-state index contributed by atoms with van der Waals surface area (Å²) in [6, 6.07) is 23.7. The summed E-state index contributed by atoms with van der Waals surface area (Å²) in [6.07, 6.45) is 5.80. The van der Waals surface area contributed by atoms with Crippen LogP contribution in [0, 0.1) is 12.7 Å². The van der Waals surface area contributed by atoms with Crippen LogP contribution in [0.5, 0.6) is 0 Å². The molecule has 1 aliphatic rings. The van der Waals surface area contributed by atoms with Crippen molar-refractivity contribution < 1.29 is 14.0 Å². The number of amides is 2. The van der Waals surface area contributed by atoms with Gasteiger partial charge in [0.25, 0.3) is 0 Å². The molecule has 0 aromatic heterocycles. The van der Waals surface area contributed by atoms with E-state index in [9.17, 15) is 14.0 Å². The summed E-state index contributed by atoms with van der Waals surface area (Å²) in [6.45, 7) is 2.32. The Morgan fingerprint density at radius 2 is 1.61 bits per heavy atom. The van der Waals surface area contributed by atoms with Crippen molar-refractivity contribution in [2.24, 2.45) is 0 Å². The number of aryl methyl sites for hydroxylation is 1. The lowest BCUT2D eigenvalue weighted by molar-refractivity contribution is -0.139. The maximum absolute atomic E-state index is 13.8. The van der Waals surface area contributed by atoms with E-state index in [0.717, 1.165) is 42.6 Å². The maximum atomic E-state index is 13.8. The molecule has 2 amide bonds. The van der Waals surface area contributed by atoms with E-state index in [1.165, 1.54) is 29.7 Å². The van der Waals surface area contributed by atoms with Crippen molar-refractivity contribution in [1.29, 1.82) is 0 Å². The molecule has 0 bridgehead atoms. The van der Waals surface area contributed by atoms with Gasteiger partial charge >= 0.3 is 0 Å². The van der Waals surface area contributed by atoms with Gasteiger partial charge in [0.1, 0.15) is 11.9 Å². The van der Waals surface area contributed by atoms with E-state index in [4.69, 9.17) is 0 Å². The van der Waals surface area contributed by atoms with Gasteiger partial charge in [-0.25, -0.2) is 4.39 Å². The van der Waals surface area contributed by atoms with Crippen LogP contribution in [0.4, 0.5) is 4.39 Å². The minimum absolute atomic E-state index is 0.0902. The number of halogens is 1. The molecule has 0 radical (unpaired) electrons. The molecular formula is C32H37FN2O2S. The lowest BCUT2D eigenvalue weighted by Gasteiger charge is -2.33. The van der Waals surface area contributed by atoms with Crippen LogP contribution in [0.3, 0.4) is 0 Å². The second-order valence-corrected chi connectivity index (χ2v) is 11.1. The molecule has 200 valence electrons. The number of carbonyl (C=O) groups excluding carboxylic acids is 2. The number of nitrogens with one attached hydrogen (secondary N) is 1. The summed E-state index contributed by atoms with van der Waals surface area (Å²) in [4.78, 5) is 29.2. The molecule has 1 aliphatic carbocycles. The average molecular weight is 533 g/mol. The molecule has 1 N–H and O–H groups in total. The van der Waals surface area contributed by atoms with Crippen molar-refractivity contribution in [2.75, 3.05) is 5.75 Å². The van der Waals surface area contributed by atoms with Gasteiger partial charge in [-0.1, -0.05) is 86.0 Å². The van der Waals surface area contributed by atoms with Crippen molar-refractivity contribution in [3.05, 3.63) is 107 Å². The number of carbonyl (C=O) groups is 2. The number of hydrogen-bond donors (Lipinski definition) is 1. The predicted octanol–water partition coefficient (Wildman–Crippen LogP) is 6.46. The third-order valence-corrected chi connectivity index (χ3v) is 8.20. The van der Waals surface area contributed by atoms with Gasteiger partial charge in [0, 0.05) is 24.8 Å². The summed E-state index contributed by atoms with van der Waals surface area (Å²) < 4.78 is 13.6. The Morgan fingerprint density at radius 1 is 0.921 bits per heavy atom. The Balaban J connectivity index is 1.56. The number of nitrogens with zero attached hydrogens (tertiary/aromatic N) is 1. The predicted molar refractivity (Wildman–Crippen MR) is 153 cm³/mol. The van der Waals surface area contributed by atoms with Gasteiger partial charge in [0.2, 0.25) is 11.8 Å². The fraction of sp³-hybridized carbons (Fsp3) is 0.375. The van der Waals surface area contributed by atoms with Crippen molar-refractivity contribution in [2.45, 2.75) is 69.8 Å². The molecule has 4 nitrogen and oxygen atoms in total. The second-order valence-electron chi connectivity index (χ2n) is 10.1. The number of rotatable bonds is 11. The van der Waals surface area contributed by atoms with E-state index in [-0.39, 0.29) is 36.0 Å². The minimum Gasteiger partial charge on any atom is -0.352 e. The molecule has 0 heterocycles. The van der Waals surface area contributed by atoms with Crippen LogP contribution in [-0.4, -0.2) is 34.6 Å². The third-order valence-electron chi connectivity index (χ3n) is 7.23. The highest BCUT2D eigenvalue weighted by Crippen LogP contribution is 2.22. The maximum Gasteiger partial charge on any atom is 0.243 e. The molecule has 1 atom stereocenters. The molecule has 1 fully saturated rings. The molecule has 3 aromatic carbocycles. The smallest absolute Gasteiger partial charge is 0.243 e. The summed E-state index contributed by atoms with van der Waals surface area (Å²) >= 11 is 1.56. The lowest BCUT2D eigenvalue weighted by atomic mass is 9.94. The highest BCUT2D eigenvalue weighted by atomic mass is 32.2. The Hall–Kier alpha value is -3.12. The zero-order chi connectivity index (χ0) is 26.7. The van der Waals surface area contributed by atoms with E-state index in [1.54, 1.807) is 28.8 Å². The highest BCUT2D eigenvalue weighted by molar-refractivity contribution is 7.99. The van der Waals surface area contributed by atoms with Crippen molar-refractivity contribution >= 4 is 23.6 Å². The first-order valence-corrected chi connectivity index (χ1v) is 14.7. The van der Waals surface area contributed by atoms with Gasteiger partial charge in [-0.05, 0) is 54.2 Å². The van der Waals surface area contributed by atoms with E-state index < -0.39 is 6.04 Å². The summed E-state index contributed by atoms with van der Waals surface area (Å²) in [5, 5.41) is 3.26. The Labute approximate surface area is 230 Å². The van der Waals surface area contributed by atoms with E-state index in [2.05, 4.69) is 24.4 Å². The summed E-state index contributed by atoms with van der Waals surface area (Å²) in [5.41, 5.74) is 4.20. The van der Waals surface area contributed by atoms with Crippen LogP contribution < -0.4 is 5.32 Å². The first kappa shape index (κ1) is 27.9. The molecule has 3 aromatic rings. The first-order valence-electron chi connectivity index (χ1n) is 13.5. The minimum atomic E-state index is -0.657. The van der Waals surface area contributed by atoms with E-state index >= 15 is 0 Å². The van der Waals surface area contributed by atoms with Crippen molar-refractivity contribution in [1.82, 2.24) is 10.2 Å². The third kappa shape index (κ3) is 8.19. The molecule has 0 saturated heterocycles. The first-order chi connectivity index (χ1) is 18.5. The quantitative estimate of drug-likeness (QED) is 0.309. The largest absolute Gasteiger partial charge is 0.352 e. The number of benzene rings is 3. The normalized spacial score (nSPS) is 14.6. The van der Waals surface area contributed by atoms with Crippen molar-refractivity contribution in [3.63, 3.8) is 0 Å². The van der Waals surface area contributed by atoms with Crippen molar-refractivity contribution in [3.8, 4) is 0 Å². The highest BCUT2D eigenvalue weighted by Gasteiger charge is 2.31. The molecule has 1 unspecified atom stereocenters. The Kier molecular flexibility index (Phi) is 10.4. The average Bonchev–Trinajstić information content (AvgIpc) is 2.94. The lowest BCUT2D eigenvalue weighted by Crippen LogP contribution is -2.53. The van der Waals surface area contributed by atoms with Crippen LogP contribution in [-0.2, 0) is 28.3 Å². The number of hydrogen-bond acceptors (Lipinski definition) is 3. The second kappa shape index (κ2) is 14.1. The van der Waals surface area contributed by atoms with Gasteiger partial charge in [-0.2, -0.15) is 0 Å². The Morgan fingerprint density at radius 3 is 2.32 bits per heavy atom. The SMILES string of the molecule is Cc1ccccc1CSCC(=O)N(Cc1ccc(F)cc1)C(Cc1ccccc1)C(=O)NC1CCCCC1. The van der Waals surface area contributed by atoms with Gasteiger partial charge in [-0.15, -0.1) is 11.8 Å². The zero-order valence-electron chi connectivity index (χ0n) is 22.1. The molecular weight excluding hydrogens is 495 g/mol. The van der Waals surface area contributed by atoms with Gasteiger partial charge in [0.05, 0.1) is 5.75 Å². The molecule has 4 rings (SSSR count). The van der Waals surface area contributed by atoms with Crippen LogP contribution in [0.2, 0.25) is 0 Å². The van der Waals surface area contributed by atoms with Crippen LogP contribution in [0.15, 0.2) is 78.9 Å². The van der Waals surface area contributed by atoms with Gasteiger partial charge in [-0.3, -0.25) is 9.59 Å². The van der Waals surface area contributed by atoms with E-state index in [0.29, 0.717) is 6.42 Å². The summed E-state index contributed by atoms with van der Waals surface area (Å²) in [7, 11) is 0. The molecule has 0 aliphatic heterocycles. The van der Waals surface area contributed by atoms with Crippen LogP contribution >= 0.6 is 11.8 Å². The van der Waals surface area contributed by atoms with Crippen LogP contribution in [0.25, 0.3) is 0 Å². The van der Waals surface area contributed by atoms with Gasteiger partial charge in [0.15, 0.2) is 0 Å². The molecule has 0 spiro atoms. The molecule has 38 heavy (non-hydrogen) atoms. The van der Waals surface area contributed by atoms with E-state index in [1.807, 2.05) is 42.5 Å². The molecule has 6 heteroatoms. The van der Waals surface area contributed by atoms with Crippen LogP contribution in [0.1, 0.15) is 54.4 Å². The Bertz CT molecular complexity index is 1180. The monoisotopic (exact) mass is 532 g/mol. The standard InChI is InChI=1S/C32H37FN2O2S/c1-24-10-8-9-13-27(24)22-38-23-31(36)35(21-26-16-18-28(33)19-17-26)30(20-25-11-4-2-5-12-25)32(37)34-29-14-6-3-7-15-29/h2,4-5,8-13,16-19,29-30H,3,6-7,14-15,20-23H2,1H3,(H,34,37).